The molecule has 1 amide bonds. The van der Waals surface area contributed by atoms with Crippen molar-refractivity contribution < 1.29 is 4.79 Å². The SMILES string of the molecule is N#Cc1ccnc(SCC(=O)N(C2CCCCC2)C2CCCCC2)c1. The van der Waals surface area contributed by atoms with Crippen LogP contribution in [0.5, 0.6) is 0 Å². The number of nitriles is 1. The van der Waals surface area contributed by atoms with Crippen molar-refractivity contribution in [2.45, 2.75) is 81.3 Å². The zero-order chi connectivity index (χ0) is 17.5. The summed E-state index contributed by atoms with van der Waals surface area (Å²) >= 11 is 1.46. The second kappa shape index (κ2) is 9.24. The standard InChI is InChI=1S/C20H27N3OS/c21-14-16-11-12-22-19(13-16)25-15-20(24)23(17-7-3-1-4-8-17)18-9-5-2-6-10-18/h11-13,17-18H,1-10,15H2. The van der Waals surface area contributed by atoms with Crippen molar-refractivity contribution in [3.63, 3.8) is 0 Å². The molecule has 2 aliphatic carbocycles. The predicted molar refractivity (Wildman–Crippen MR) is 100 cm³/mol. The van der Waals surface area contributed by atoms with Crippen molar-refractivity contribution in [3.05, 3.63) is 23.9 Å². The quantitative estimate of drug-likeness (QED) is 0.726. The number of hydrogen-bond donors (Lipinski definition) is 0. The Labute approximate surface area is 155 Å². The van der Waals surface area contributed by atoms with E-state index in [1.807, 2.05) is 0 Å². The predicted octanol–water partition coefficient (Wildman–Crippen LogP) is 4.54. The summed E-state index contributed by atoms with van der Waals surface area (Å²) in [6, 6.07) is 6.46. The highest BCUT2D eigenvalue weighted by Gasteiger charge is 2.32. The van der Waals surface area contributed by atoms with Crippen molar-refractivity contribution in [1.82, 2.24) is 9.88 Å². The summed E-state index contributed by atoms with van der Waals surface area (Å²) in [5.41, 5.74) is 0.598. The Bertz CT molecular complexity index is 598. The molecular weight excluding hydrogens is 330 g/mol. The molecule has 0 spiro atoms. The van der Waals surface area contributed by atoms with Crippen molar-refractivity contribution in [3.8, 4) is 6.07 Å². The van der Waals surface area contributed by atoms with E-state index in [1.54, 1.807) is 18.3 Å². The third-order valence-corrected chi connectivity index (χ3v) is 6.34. The van der Waals surface area contributed by atoms with Crippen molar-refractivity contribution in [2.75, 3.05) is 5.75 Å². The summed E-state index contributed by atoms with van der Waals surface area (Å²) in [6.45, 7) is 0. The molecule has 0 aromatic carbocycles. The summed E-state index contributed by atoms with van der Waals surface area (Å²) in [5, 5.41) is 9.77. The average molecular weight is 358 g/mol. The molecule has 2 fully saturated rings. The Morgan fingerprint density at radius 2 is 1.72 bits per heavy atom. The molecule has 0 atom stereocenters. The van der Waals surface area contributed by atoms with Gasteiger partial charge in [-0.15, -0.1) is 0 Å². The van der Waals surface area contributed by atoms with Gasteiger partial charge in [0.2, 0.25) is 5.91 Å². The molecular formula is C20H27N3OS. The van der Waals surface area contributed by atoms with E-state index in [0.717, 1.165) is 30.7 Å². The van der Waals surface area contributed by atoms with Gasteiger partial charge in [0, 0.05) is 18.3 Å². The minimum atomic E-state index is 0.257. The van der Waals surface area contributed by atoms with Crippen molar-refractivity contribution in [1.29, 1.82) is 5.26 Å². The molecule has 0 unspecified atom stereocenters. The van der Waals surface area contributed by atoms with Crippen molar-refractivity contribution >= 4 is 17.7 Å². The van der Waals surface area contributed by atoms with Crippen LogP contribution in [0, 0.1) is 11.3 Å². The first-order valence-electron chi connectivity index (χ1n) is 9.58. The summed E-state index contributed by atoms with van der Waals surface area (Å²) < 4.78 is 0. The molecule has 4 nitrogen and oxygen atoms in total. The van der Waals surface area contributed by atoms with Gasteiger partial charge in [-0.3, -0.25) is 4.79 Å². The van der Waals surface area contributed by atoms with Crippen LogP contribution < -0.4 is 0 Å². The van der Waals surface area contributed by atoms with E-state index in [9.17, 15) is 4.79 Å². The fourth-order valence-electron chi connectivity index (χ4n) is 4.19. The highest BCUT2D eigenvalue weighted by Crippen LogP contribution is 2.31. The summed E-state index contributed by atoms with van der Waals surface area (Å²) in [4.78, 5) is 19.6. The molecule has 0 saturated heterocycles. The molecule has 3 rings (SSSR count). The van der Waals surface area contributed by atoms with E-state index in [2.05, 4.69) is 16.0 Å². The topological polar surface area (TPSA) is 57.0 Å². The molecule has 0 radical (unpaired) electrons. The number of carbonyl (C=O) groups excluding carboxylic acids is 1. The van der Waals surface area contributed by atoms with Crippen LogP contribution in [0.4, 0.5) is 0 Å². The van der Waals surface area contributed by atoms with Crippen LogP contribution in [0.25, 0.3) is 0 Å². The smallest absolute Gasteiger partial charge is 0.233 e. The highest BCUT2D eigenvalue weighted by atomic mass is 32.2. The Hall–Kier alpha value is -1.54. The van der Waals surface area contributed by atoms with Gasteiger partial charge in [-0.05, 0) is 37.8 Å². The van der Waals surface area contributed by atoms with Gasteiger partial charge in [0.1, 0.15) is 0 Å². The maximum Gasteiger partial charge on any atom is 0.233 e. The number of nitrogens with zero attached hydrogens (tertiary/aromatic N) is 3. The largest absolute Gasteiger partial charge is 0.336 e. The molecule has 1 aromatic heterocycles. The Morgan fingerprint density at radius 3 is 2.28 bits per heavy atom. The minimum Gasteiger partial charge on any atom is -0.336 e. The molecule has 0 aliphatic heterocycles. The first-order chi connectivity index (χ1) is 12.3. The van der Waals surface area contributed by atoms with E-state index in [1.165, 1.54) is 50.3 Å². The van der Waals surface area contributed by atoms with Crippen LogP contribution >= 0.6 is 11.8 Å². The van der Waals surface area contributed by atoms with Crippen LogP contribution in [0.2, 0.25) is 0 Å². The molecule has 1 aromatic rings. The monoisotopic (exact) mass is 357 g/mol. The van der Waals surface area contributed by atoms with E-state index >= 15 is 0 Å². The first kappa shape index (κ1) is 18.3. The Kier molecular flexibility index (Phi) is 6.75. The van der Waals surface area contributed by atoms with Gasteiger partial charge in [0.15, 0.2) is 0 Å². The van der Waals surface area contributed by atoms with Crippen LogP contribution in [0.3, 0.4) is 0 Å². The number of rotatable bonds is 5. The molecule has 134 valence electrons. The van der Waals surface area contributed by atoms with Gasteiger partial charge in [-0.25, -0.2) is 4.98 Å². The number of thioether (sulfide) groups is 1. The zero-order valence-electron chi connectivity index (χ0n) is 14.8. The highest BCUT2D eigenvalue weighted by molar-refractivity contribution is 7.99. The fourth-order valence-corrected chi connectivity index (χ4v) is 4.96. The second-order valence-electron chi connectivity index (χ2n) is 7.17. The molecule has 0 N–H and O–H groups in total. The van der Waals surface area contributed by atoms with Gasteiger partial charge < -0.3 is 4.90 Å². The van der Waals surface area contributed by atoms with Crippen LogP contribution in [0.15, 0.2) is 23.4 Å². The maximum atomic E-state index is 13.1. The number of carbonyl (C=O) groups is 1. The van der Waals surface area contributed by atoms with Crippen LogP contribution in [-0.4, -0.2) is 33.6 Å². The normalized spacial score (nSPS) is 19.3. The van der Waals surface area contributed by atoms with Crippen molar-refractivity contribution in [2.24, 2.45) is 0 Å². The lowest BCUT2D eigenvalue weighted by atomic mass is 9.88. The van der Waals surface area contributed by atoms with Gasteiger partial charge in [0.05, 0.1) is 22.4 Å². The maximum absolute atomic E-state index is 13.1. The van der Waals surface area contributed by atoms with Crippen LogP contribution in [0.1, 0.15) is 69.8 Å². The van der Waals surface area contributed by atoms with Gasteiger partial charge in [0.25, 0.3) is 0 Å². The van der Waals surface area contributed by atoms with E-state index in [4.69, 9.17) is 5.26 Å². The first-order valence-corrected chi connectivity index (χ1v) is 10.6. The van der Waals surface area contributed by atoms with E-state index in [-0.39, 0.29) is 5.91 Å². The fraction of sp³-hybridized carbons (Fsp3) is 0.650. The summed E-state index contributed by atoms with van der Waals surface area (Å²) in [7, 11) is 0. The molecule has 2 saturated carbocycles. The second-order valence-corrected chi connectivity index (χ2v) is 8.16. The lowest BCUT2D eigenvalue weighted by Gasteiger charge is -2.41. The van der Waals surface area contributed by atoms with Gasteiger partial charge >= 0.3 is 0 Å². The number of hydrogen-bond acceptors (Lipinski definition) is 4. The average Bonchev–Trinajstić information content (AvgIpc) is 2.68. The molecule has 0 bridgehead atoms. The Balaban J connectivity index is 1.66. The van der Waals surface area contributed by atoms with Gasteiger partial charge in [-0.2, -0.15) is 5.26 Å². The van der Waals surface area contributed by atoms with E-state index in [0.29, 0.717) is 23.4 Å². The molecule has 5 heteroatoms. The summed E-state index contributed by atoms with van der Waals surface area (Å²) in [6.07, 6.45) is 13.9. The molecule has 1 heterocycles. The lowest BCUT2D eigenvalue weighted by Crippen LogP contribution is -2.49. The number of aromatic nitrogens is 1. The minimum absolute atomic E-state index is 0.257. The zero-order valence-corrected chi connectivity index (χ0v) is 15.6. The molecule has 2 aliphatic rings. The third kappa shape index (κ3) is 4.98. The lowest BCUT2D eigenvalue weighted by molar-refractivity contribution is -0.135. The van der Waals surface area contributed by atoms with Crippen LogP contribution in [-0.2, 0) is 4.79 Å². The molecule has 25 heavy (non-hydrogen) atoms. The van der Waals surface area contributed by atoms with E-state index < -0.39 is 0 Å². The number of amides is 1. The Morgan fingerprint density at radius 1 is 1.12 bits per heavy atom. The third-order valence-electron chi connectivity index (χ3n) is 5.43. The number of pyridine rings is 1. The summed E-state index contributed by atoms with van der Waals surface area (Å²) in [5.74, 6) is 0.683. The van der Waals surface area contributed by atoms with Gasteiger partial charge in [-0.1, -0.05) is 50.3 Å².